The summed E-state index contributed by atoms with van der Waals surface area (Å²) < 4.78 is 6.95. The molecule has 20 heavy (non-hydrogen) atoms. The van der Waals surface area contributed by atoms with Crippen molar-refractivity contribution in [3.05, 3.63) is 42.4 Å². The van der Waals surface area contributed by atoms with E-state index in [-0.39, 0.29) is 17.8 Å². The van der Waals surface area contributed by atoms with Crippen molar-refractivity contribution in [2.24, 2.45) is 7.05 Å². The number of aromatic nitrogens is 5. The predicted octanol–water partition coefficient (Wildman–Crippen LogP) is 1.12. The highest BCUT2D eigenvalue weighted by Gasteiger charge is 2.13. The molecule has 0 aliphatic rings. The van der Waals surface area contributed by atoms with Crippen LogP contribution in [0.15, 0.2) is 41.2 Å². The van der Waals surface area contributed by atoms with Crippen molar-refractivity contribution in [2.75, 3.05) is 5.32 Å². The number of aryl methyl sites for hydroxylation is 1. The highest BCUT2D eigenvalue weighted by molar-refractivity contribution is 6.02. The Kier molecular flexibility index (Phi) is 2.96. The van der Waals surface area contributed by atoms with Gasteiger partial charge in [0.05, 0.1) is 0 Å². The Morgan fingerprint density at radius 3 is 2.75 bits per heavy atom. The topological polar surface area (TPSA) is 98.7 Å². The van der Waals surface area contributed by atoms with Gasteiger partial charge >= 0.3 is 6.01 Å². The molecule has 0 saturated heterocycles. The van der Waals surface area contributed by atoms with Gasteiger partial charge < -0.3 is 4.42 Å². The second kappa shape index (κ2) is 4.92. The molecule has 0 unspecified atom stereocenters. The summed E-state index contributed by atoms with van der Waals surface area (Å²) in [6, 6.07) is 4.94. The maximum Gasteiger partial charge on any atom is 0.322 e. The lowest BCUT2D eigenvalue weighted by Gasteiger charge is -1.98. The summed E-state index contributed by atoms with van der Waals surface area (Å²) in [7, 11) is 1.78. The summed E-state index contributed by atoms with van der Waals surface area (Å²) in [5.41, 5.74) is 1.00. The fourth-order valence-electron chi connectivity index (χ4n) is 1.58. The van der Waals surface area contributed by atoms with E-state index in [0.717, 1.165) is 0 Å². The van der Waals surface area contributed by atoms with Crippen LogP contribution in [0, 0.1) is 0 Å². The molecule has 0 aromatic carbocycles. The molecule has 1 amide bonds. The molecule has 3 rings (SSSR count). The monoisotopic (exact) mass is 270 g/mol. The van der Waals surface area contributed by atoms with Gasteiger partial charge in [0.2, 0.25) is 0 Å². The summed E-state index contributed by atoms with van der Waals surface area (Å²) in [6.45, 7) is 0. The standard InChI is InChI=1S/C12H10N6O2/c1-18-7-4-9(17-18)11-15-16-12(20-11)14-10(19)8-2-5-13-6-3-8/h2-7H,1H3,(H,14,16,19). The highest BCUT2D eigenvalue weighted by Crippen LogP contribution is 2.17. The number of carbonyl (C=O) groups is 1. The zero-order valence-corrected chi connectivity index (χ0v) is 10.5. The van der Waals surface area contributed by atoms with E-state index in [0.29, 0.717) is 11.3 Å². The Labute approximate surface area is 113 Å². The molecular formula is C12H10N6O2. The van der Waals surface area contributed by atoms with Crippen molar-refractivity contribution in [3.8, 4) is 11.6 Å². The second-order valence-corrected chi connectivity index (χ2v) is 3.98. The second-order valence-electron chi connectivity index (χ2n) is 3.98. The zero-order valence-electron chi connectivity index (χ0n) is 10.5. The van der Waals surface area contributed by atoms with Gasteiger partial charge in [-0.2, -0.15) is 5.10 Å². The third kappa shape index (κ3) is 2.39. The van der Waals surface area contributed by atoms with Gasteiger partial charge in [0.1, 0.15) is 5.69 Å². The van der Waals surface area contributed by atoms with Gasteiger partial charge in [0, 0.05) is 31.2 Å². The van der Waals surface area contributed by atoms with Gasteiger partial charge in [0.25, 0.3) is 11.8 Å². The minimum Gasteiger partial charge on any atom is -0.401 e. The highest BCUT2D eigenvalue weighted by atomic mass is 16.4. The van der Waals surface area contributed by atoms with E-state index in [1.54, 1.807) is 36.1 Å². The lowest BCUT2D eigenvalue weighted by molar-refractivity contribution is 0.102. The molecule has 0 fully saturated rings. The number of nitrogens with one attached hydrogen (secondary N) is 1. The molecular weight excluding hydrogens is 260 g/mol. The van der Waals surface area contributed by atoms with Gasteiger partial charge in [-0.15, -0.1) is 5.10 Å². The smallest absolute Gasteiger partial charge is 0.322 e. The van der Waals surface area contributed by atoms with Crippen LogP contribution in [0.3, 0.4) is 0 Å². The molecule has 8 heteroatoms. The number of anilines is 1. The normalized spacial score (nSPS) is 10.4. The minimum atomic E-state index is -0.344. The first-order chi connectivity index (χ1) is 9.72. The summed E-state index contributed by atoms with van der Waals surface area (Å²) in [6.07, 6.45) is 4.82. The van der Waals surface area contributed by atoms with Crippen LogP contribution in [0.5, 0.6) is 0 Å². The van der Waals surface area contributed by atoms with Gasteiger partial charge in [0.15, 0.2) is 0 Å². The third-order valence-corrected chi connectivity index (χ3v) is 2.52. The average Bonchev–Trinajstić information content (AvgIpc) is 3.09. The van der Waals surface area contributed by atoms with E-state index < -0.39 is 0 Å². The van der Waals surface area contributed by atoms with Gasteiger partial charge in [-0.1, -0.05) is 5.10 Å². The Hall–Kier alpha value is -3.03. The van der Waals surface area contributed by atoms with E-state index in [4.69, 9.17) is 4.42 Å². The van der Waals surface area contributed by atoms with E-state index in [2.05, 4.69) is 25.6 Å². The van der Waals surface area contributed by atoms with Crippen LogP contribution in [0.4, 0.5) is 6.01 Å². The molecule has 0 aliphatic carbocycles. The number of amides is 1. The molecule has 0 atom stereocenters. The molecule has 3 aromatic rings. The number of carbonyl (C=O) groups excluding carboxylic acids is 1. The Bertz CT molecular complexity index is 733. The van der Waals surface area contributed by atoms with Crippen molar-refractivity contribution >= 4 is 11.9 Å². The minimum absolute atomic E-state index is 0.0208. The van der Waals surface area contributed by atoms with Crippen LogP contribution in [-0.4, -0.2) is 30.9 Å². The van der Waals surface area contributed by atoms with E-state index in [9.17, 15) is 4.79 Å². The van der Waals surface area contributed by atoms with Gasteiger partial charge in [-0.25, -0.2) is 0 Å². The average molecular weight is 270 g/mol. The van der Waals surface area contributed by atoms with E-state index in [1.807, 2.05) is 0 Å². The van der Waals surface area contributed by atoms with Crippen LogP contribution < -0.4 is 5.32 Å². The molecule has 3 heterocycles. The van der Waals surface area contributed by atoms with E-state index in [1.165, 1.54) is 12.4 Å². The van der Waals surface area contributed by atoms with Crippen molar-refractivity contribution in [1.82, 2.24) is 25.0 Å². The molecule has 0 aliphatic heterocycles. The SMILES string of the molecule is Cn1ccc(-c2nnc(NC(=O)c3ccncc3)o2)n1. The summed E-state index contributed by atoms with van der Waals surface area (Å²) in [5, 5.41) is 14.2. The van der Waals surface area contributed by atoms with Crippen molar-refractivity contribution < 1.29 is 9.21 Å². The molecule has 3 aromatic heterocycles. The van der Waals surface area contributed by atoms with Gasteiger partial charge in [-0.05, 0) is 18.2 Å². The first-order valence-electron chi connectivity index (χ1n) is 5.77. The van der Waals surface area contributed by atoms with Crippen LogP contribution >= 0.6 is 0 Å². The molecule has 1 N–H and O–H groups in total. The van der Waals surface area contributed by atoms with E-state index >= 15 is 0 Å². The third-order valence-electron chi connectivity index (χ3n) is 2.52. The largest absolute Gasteiger partial charge is 0.401 e. The predicted molar refractivity (Wildman–Crippen MR) is 68.7 cm³/mol. The fraction of sp³-hybridized carbons (Fsp3) is 0.0833. The Morgan fingerprint density at radius 1 is 1.25 bits per heavy atom. The first-order valence-corrected chi connectivity index (χ1v) is 5.77. The number of pyridine rings is 1. The fourth-order valence-corrected chi connectivity index (χ4v) is 1.58. The van der Waals surface area contributed by atoms with Crippen molar-refractivity contribution in [2.45, 2.75) is 0 Å². The van der Waals surface area contributed by atoms with Crippen molar-refractivity contribution in [1.29, 1.82) is 0 Å². The number of nitrogens with zero attached hydrogens (tertiary/aromatic N) is 5. The number of rotatable bonds is 3. The lowest BCUT2D eigenvalue weighted by atomic mass is 10.2. The molecule has 100 valence electrons. The maximum atomic E-state index is 11.9. The van der Waals surface area contributed by atoms with Crippen molar-refractivity contribution in [3.63, 3.8) is 0 Å². The maximum absolute atomic E-state index is 11.9. The van der Waals surface area contributed by atoms with Gasteiger partial charge in [-0.3, -0.25) is 19.8 Å². The molecule has 0 saturated carbocycles. The molecule has 0 bridgehead atoms. The Morgan fingerprint density at radius 2 is 2.05 bits per heavy atom. The van der Waals surface area contributed by atoms with Crippen LogP contribution in [0.2, 0.25) is 0 Å². The number of hydrogen-bond acceptors (Lipinski definition) is 6. The molecule has 0 spiro atoms. The molecule has 0 radical (unpaired) electrons. The zero-order chi connectivity index (χ0) is 13.9. The van der Waals surface area contributed by atoms with Crippen LogP contribution in [-0.2, 0) is 7.05 Å². The summed E-state index contributed by atoms with van der Waals surface area (Å²) in [5.74, 6) is -0.0979. The summed E-state index contributed by atoms with van der Waals surface area (Å²) >= 11 is 0. The van der Waals surface area contributed by atoms with Crippen LogP contribution in [0.1, 0.15) is 10.4 Å². The van der Waals surface area contributed by atoms with Crippen LogP contribution in [0.25, 0.3) is 11.6 Å². The summed E-state index contributed by atoms with van der Waals surface area (Å²) in [4.78, 5) is 15.7. The molecule has 8 nitrogen and oxygen atoms in total. The first kappa shape index (κ1) is 12.0. The quantitative estimate of drug-likeness (QED) is 0.765. The lowest BCUT2D eigenvalue weighted by Crippen LogP contribution is -2.11. The number of hydrogen-bond donors (Lipinski definition) is 1. The Balaban J connectivity index is 1.76.